The average Bonchev–Trinajstić information content (AvgIpc) is 1.82. The molecule has 76 valence electrons. The van der Waals surface area contributed by atoms with Gasteiger partial charge in [0.15, 0.2) is 0 Å². The van der Waals surface area contributed by atoms with Gasteiger partial charge in [-0.1, -0.05) is 0 Å². The van der Waals surface area contributed by atoms with E-state index in [1.807, 2.05) is 0 Å². The summed E-state index contributed by atoms with van der Waals surface area (Å²) in [6.07, 6.45) is 0. The van der Waals surface area contributed by atoms with Crippen molar-refractivity contribution in [1.82, 2.24) is 5.43 Å². The molecule has 1 N–H and O–H groups in total. The third-order valence-corrected chi connectivity index (χ3v) is 2.12. The molecule has 0 aromatic carbocycles. The summed E-state index contributed by atoms with van der Waals surface area (Å²) in [7, 11) is 0. The first kappa shape index (κ1) is 12.8. The van der Waals surface area contributed by atoms with Gasteiger partial charge in [-0.3, -0.25) is 10.1 Å². The summed E-state index contributed by atoms with van der Waals surface area (Å²) in [4.78, 5) is 20.9. The van der Waals surface area contributed by atoms with E-state index in [1.165, 1.54) is 0 Å². The summed E-state index contributed by atoms with van der Waals surface area (Å²) in [5.41, 5.74) is 1.85. The normalized spacial score (nSPS) is 12.4. The minimum absolute atomic E-state index is 0.104. The van der Waals surface area contributed by atoms with E-state index < -0.39 is 13.9 Å². The molecule has 0 saturated carbocycles. The molecule has 0 aliphatic heterocycles. The minimum Gasteiger partial charge on any atom is -0.257 e. The summed E-state index contributed by atoms with van der Waals surface area (Å²) in [5.74, 6) is 0. The van der Waals surface area contributed by atoms with Gasteiger partial charge in [-0.2, -0.15) is 0 Å². The Morgan fingerprint density at radius 2 is 1.62 bits per heavy atom. The molecule has 13 heavy (non-hydrogen) atoms. The van der Waals surface area contributed by atoms with E-state index >= 15 is 0 Å². The Balaban J connectivity index is 4.53. The second kappa shape index (κ2) is 3.87. The van der Waals surface area contributed by atoms with Gasteiger partial charge >= 0.3 is 3.48 Å². The molecule has 0 saturated heterocycles. The number of halogens is 2. The molecule has 0 aromatic rings. The fraction of sp³-hybridized carbons (Fsp3) is 1.00. The SMILES string of the molecule is CC(C)(C)N[N+](=O)C(Br)(Br)[N+](=O)[O-]. The van der Waals surface area contributed by atoms with E-state index in [1.54, 1.807) is 20.8 Å². The van der Waals surface area contributed by atoms with Crippen LogP contribution in [0.15, 0.2) is 0 Å². The van der Waals surface area contributed by atoms with Gasteiger partial charge in [-0.15, -0.1) is 5.43 Å². The van der Waals surface area contributed by atoms with Crippen LogP contribution < -0.4 is 5.43 Å². The largest absolute Gasteiger partial charge is 0.582 e. The standard InChI is InChI=1S/C5H10Br2N3O3/c1-4(2,3)8-9(11)5(6,7)10(12)13/h1-3H3,(H,8,11)/q+1. The molecule has 0 amide bonds. The Labute approximate surface area is 92.0 Å². The third kappa shape index (κ3) is 3.99. The first-order valence-corrected chi connectivity index (χ1v) is 4.93. The van der Waals surface area contributed by atoms with Crippen LogP contribution in [0.25, 0.3) is 0 Å². The number of hydrazine groups is 1. The molecule has 0 fully saturated rings. The van der Waals surface area contributed by atoms with Crippen LogP contribution in [0.5, 0.6) is 0 Å². The number of nitroso groups, excluding NO2 is 1. The predicted molar refractivity (Wildman–Crippen MR) is 54.1 cm³/mol. The lowest BCUT2D eigenvalue weighted by molar-refractivity contribution is -0.786. The number of nitrogens with zero attached hydrogens (tertiary/aromatic N) is 2. The predicted octanol–water partition coefficient (Wildman–Crippen LogP) is 1.75. The van der Waals surface area contributed by atoms with Crippen LogP contribution in [0, 0.1) is 15.0 Å². The van der Waals surface area contributed by atoms with Crippen LogP contribution in [0.4, 0.5) is 0 Å². The Morgan fingerprint density at radius 1 is 1.23 bits per heavy atom. The second-order valence-electron chi connectivity index (χ2n) is 3.42. The number of hydrogen-bond acceptors (Lipinski definition) is 3. The maximum absolute atomic E-state index is 11.2. The smallest absolute Gasteiger partial charge is 0.257 e. The summed E-state index contributed by atoms with van der Waals surface area (Å²) in [6, 6.07) is 0. The average molecular weight is 320 g/mol. The van der Waals surface area contributed by atoms with Gasteiger partial charge in [0.1, 0.15) is 36.8 Å². The van der Waals surface area contributed by atoms with E-state index in [2.05, 4.69) is 37.3 Å². The van der Waals surface area contributed by atoms with Crippen LogP contribution >= 0.6 is 31.9 Å². The fourth-order valence-electron chi connectivity index (χ4n) is 0.446. The molecule has 6 nitrogen and oxygen atoms in total. The number of nitro groups is 1. The highest BCUT2D eigenvalue weighted by Crippen LogP contribution is 2.27. The van der Waals surface area contributed by atoms with Gasteiger partial charge in [0.25, 0.3) is 0 Å². The maximum Gasteiger partial charge on any atom is 0.582 e. The summed E-state index contributed by atoms with van der Waals surface area (Å²) >= 11 is 5.27. The lowest BCUT2D eigenvalue weighted by Crippen LogP contribution is -2.51. The van der Waals surface area contributed by atoms with Gasteiger partial charge in [-0.25, -0.2) is 0 Å². The zero-order valence-corrected chi connectivity index (χ0v) is 10.5. The van der Waals surface area contributed by atoms with Gasteiger partial charge in [-0.05, 0) is 20.8 Å². The molecular formula is C5H10Br2N3O3+. The number of hydrogen-bond donors (Lipinski definition) is 1. The van der Waals surface area contributed by atoms with Gasteiger partial charge in [0.2, 0.25) is 4.87 Å². The molecule has 0 rings (SSSR count). The van der Waals surface area contributed by atoms with Crippen LogP contribution in [-0.4, -0.2) is 18.8 Å². The summed E-state index contributed by atoms with van der Waals surface area (Å²) < 4.78 is -2.02. The summed E-state index contributed by atoms with van der Waals surface area (Å²) in [5, 5.41) is 10.4. The van der Waals surface area contributed by atoms with Crippen molar-refractivity contribution in [3.63, 3.8) is 0 Å². The molecule has 0 heterocycles. The van der Waals surface area contributed by atoms with Gasteiger partial charge < -0.3 is 0 Å². The highest BCUT2D eigenvalue weighted by molar-refractivity contribution is 9.25. The molecule has 0 bridgehead atoms. The Kier molecular flexibility index (Phi) is 3.80. The second-order valence-corrected chi connectivity index (χ2v) is 6.70. The fourth-order valence-corrected chi connectivity index (χ4v) is 0.623. The minimum atomic E-state index is -2.02. The van der Waals surface area contributed by atoms with Crippen molar-refractivity contribution < 1.29 is 9.79 Å². The Morgan fingerprint density at radius 3 is 1.85 bits per heavy atom. The van der Waals surface area contributed by atoms with Crippen LogP contribution in [0.2, 0.25) is 0 Å². The molecule has 0 aliphatic carbocycles. The van der Waals surface area contributed by atoms with Crippen molar-refractivity contribution in [3.8, 4) is 0 Å². The lowest BCUT2D eigenvalue weighted by Gasteiger charge is -2.15. The van der Waals surface area contributed by atoms with Crippen molar-refractivity contribution in [2.24, 2.45) is 0 Å². The molecule has 0 aliphatic rings. The van der Waals surface area contributed by atoms with E-state index in [0.29, 0.717) is 0 Å². The quantitative estimate of drug-likeness (QED) is 0.215. The number of alkyl halides is 2. The van der Waals surface area contributed by atoms with Crippen molar-refractivity contribution in [2.45, 2.75) is 29.8 Å². The van der Waals surface area contributed by atoms with Crippen LogP contribution in [0.3, 0.4) is 0 Å². The summed E-state index contributed by atoms with van der Waals surface area (Å²) in [6.45, 7) is 5.15. The van der Waals surface area contributed by atoms with E-state index in [4.69, 9.17) is 0 Å². The molecule has 0 radical (unpaired) electrons. The highest BCUT2D eigenvalue weighted by atomic mass is 79.9. The van der Waals surface area contributed by atoms with E-state index in [9.17, 15) is 15.0 Å². The van der Waals surface area contributed by atoms with Crippen molar-refractivity contribution in [3.05, 3.63) is 15.0 Å². The molecule has 0 spiro atoms. The monoisotopic (exact) mass is 318 g/mol. The van der Waals surface area contributed by atoms with Gasteiger partial charge in [0.05, 0.1) is 10.4 Å². The van der Waals surface area contributed by atoms with Crippen molar-refractivity contribution in [1.29, 1.82) is 0 Å². The topological polar surface area (TPSA) is 75.2 Å². The molecule has 0 unspecified atom stereocenters. The van der Waals surface area contributed by atoms with Crippen LogP contribution in [-0.2, 0) is 0 Å². The van der Waals surface area contributed by atoms with E-state index in [-0.39, 0.29) is 4.87 Å². The van der Waals surface area contributed by atoms with Gasteiger partial charge in [0, 0.05) is 0 Å². The Bertz CT molecular complexity index is 236. The van der Waals surface area contributed by atoms with Crippen molar-refractivity contribution >= 4 is 31.9 Å². The highest BCUT2D eigenvalue weighted by Gasteiger charge is 2.56. The van der Waals surface area contributed by atoms with E-state index in [0.717, 1.165) is 0 Å². The zero-order valence-electron chi connectivity index (χ0n) is 7.38. The Hall–Kier alpha value is -0.240. The maximum atomic E-state index is 11.2. The molecule has 0 aromatic heterocycles. The first-order chi connectivity index (χ1) is 5.57. The number of nitrogens with one attached hydrogen (secondary N) is 1. The first-order valence-electron chi connectivity index (χ1n) is 3.35. The molecule has 8 heteroatoms. The van der Waals surface area contributed by atoms with Crippen LogP contribution in [0.1, 0.15) is 20.8 Å². The van der Waals surface area contributed by atoms with Crippen molar-refractivity contribution in [2.75, 3.05) is 0 Å². The lowest BCUT2D eigenvalue weighted by atomic mass is 10.1. The third-order valence-electron chi connectivity index (χ3n) is 0.901. The molecule has 0 atom stereocenters. The zero-order chi connectivity index (χ0) is 10.9. The number of rotatable bonds is 3. The molecular weight excluding hydrogens is 310 g/mol.